The maximum Gasteiger partial charge on any atom is 1.00 e. The number of hydrogen-bond donors (Lipinski definition) is 2. The maximum atomic E-state index is 10.5. The fourth-order valence-corrected chi connectivity index (χ4v) is 2.50. The van der Waals surface area contributed by atoms with Crippen molar-refractivity contribution in [1.82, 2.24) is 0 Å². The molecule has 0 amide bonds. The molecule has 2 rings (SSSR count). The Bertz CT molecular complexity index is 685. The minimum atomic E-state index is -0.800. The molecule has 0 aliphatic rings. The maximum absolute atomic E-state index is 10.5. The molecule has 6 nitrogen and oxygen atoms in total. The van der Waals surface area contributed by atoms with E-state index in [9.17, 15) is 10.2 Å². The van der Waals surface area contributed by atoms with E-state index >= 15 is 0 Å². The van der Waals surface area contributed by atoms with Gasteiger partial charge in [0.1, 0.15) is 0 Å². The van der Waals surface area contributed by atoms with Crippen molar-refractivity contribution in [3.8, 4) is 28.7 Å². The summed E-state index contributed by atoms with van der Waals surface area (Å²) in [5.41, 5.74) is 1.40. The van der Waals surface area contributed by atoms with E-state index in [0.717, 1.165) is 5.56 Å². The van der Waals surface area contributed by atoms with Gasteiger partial charge in [-0.1, -0.05) is 6.07 Å². The van der Waals surface area contributed by atoms with Crippen LogP contribution < -0.4 is 48.5 Å². The van der Waals surface area contributed by atoms with Crippen LogP contribution >= 0.6 is 0 Å². The van der Waals surface area contributed by atoms with Gasteiger partial charge in [-0.05, 0) is 35.4 Å². The molecule has 2 N–H and O–H groups in total. The third-order valence-corrected chi connectivity index (χ3v) is 3.74. The molecule has 2 aromatic carbocycles. The topological polar surface area (TPSA) is 77.4 Å². The Balaban J connectivity index is 0.00000312. The fraction of sp³-hybridized carbons (Fsp3) is 0.333. The second kappa shape index (κ2) is 9.77. The van der Waals surface area contributed by atoms with Gasteiger partial charge in [-0.3, -0.25) is 0 Å². The summed E-state index contributed by atoms with van der Waals surface area (Å²) >= 11 is 0. The van der Waals surface area contributed by atoms with Crippen molar-refractivity contribution in [2.75, 3.05) is 28.4 Å². The van der Waals surface area contributed by atoms with Crippen LogP contribution in [0.15, 0.2) is 30.3 Å². The Morgan fingerprint density at radius 1 is 0.880 bits per heavy atom. The van der Waals surface area contributed by atoms with Gasteiger partial charge in [-0.2, -0.15) is 0 Å². The number of ether oxygens (including phenoxy) is 4. The number of phenolic OH excluding ortho intramolecular Hbond substituents is 1. The van der Waals surface area contributed by atoms with E-state index in [1.807, 2.05) is 0 Å². The number of aliphatic hydroxyl groups excluding tert-OH is 1. The first-order chi connectivity index (χ1) is 11.5. The van der Waals surface area contributed by atoms with Gasteiger partial charge < -0.3 is 30.6 Å². The number of aliphatic hydroxyl groups is 1. The molecule has 0 fully saturated rings. The van der Waals surface area contributed by atoms with Gasteiger partial charge in [0.15, 0.2) is 23.0 Å². The molecule has 0 heterocycles. The average Bonchev–Trinajstić information content (AvgIpc) is 2.60. The largest absolute Gasteiger partial charge is 1.00 e. The van der Waals surface area contributed by atoms with Crippen LogP contribution in [-0.2, 0) is 6.42 Å². The summed E-state index contributed by atoms with van der Waals surface area (Å²) in [5.74, 6) is 1.85. The van der Waals surface area contributed by atoms with E-state index in [1.165, 1.54) is 28.4 Å². The predicted molar refractivity (Wildman–Crippen MR) is 90.5 cm³/mol. The van der Waals surface area contributed by atoms with E-state index in [1.54, 1.807) is 30.3 Å². The van der Waals surface area contributed by atoms with Gasteiger partial charge in [0.05, 0.1) is 34.5 Å². The molecule has 0 saturated heterocycles. The first kappa shape index (κ1) is 21.4. The standard InChI is InChI=1S/C18H22O6.Na.H/c1-21-15-6-5-11(8-14(15)20)7-13(19)12-9-16(22-2)18(24-4)17(10-12)23-3;;/h5-6,8-10,13,19-20H,7H2,1-4H3;;/q;+1;-1/t13-;;/m1../s1. The Kier molecular flexibility index (Phi) is 8.38. The average molecular weight is 358 g/mol. The van der Waals surface area contributed by atoms with E-state index in [-0.39, 0.29) is 36.7 Å². The Labute approximate surface area is 171 Å². The summed E-state index contributed by atoms with van der Waals surface area (Å²) in [6, 6.07) is 8.43. The Morgan fingerprint density at radius 3 is 1.88 bits per heavy atom. The zero-order chi connectivity index (χ0) is 17.7. The second-order valence-corrected chi connectivity index (χ2v) is 5.18. The number of benzene rings is 2. The van der Waals surface area contributed by atoms with Gasteiger partial charge in [0.2, 0.25) is 5.75 Å². The molecule has 1 atom stereocenters. The number of phenols is 1. The van der Waals surface area contributed by atoms with E-state index in [0.29, 0.717) is 35.0 Å². The molecular formula is C18H23NaO6. The summed E-state index contributed by atoms with van der Waals surface area (Å²) in [6.45, 7) is 0. The van der Waals surface area contributed by atoms with Gasteiger partial charge in [-0.15, -0.1) is 0 Å². The SMILES string of the molecule is COc1ccc(C[C@@H](O)c2cc(OC)c(OC)c(OC)c2)cc1O.[H-].[Na+]. The van der Waals surface area contributed by atoms with E-state index in [2.05, 4.69) is 0 Å². The number of rotatable bonds is 7. The summed E-state index contributed by atoms with van der Waals surface area (Å²) in [4.78, 5) is 0. The molecule has 2 aromatic rings. The zero-order valence-corrected chi connectivity index (χ0v) is 17.2. The summed E-state index contributed by atoms with van der Waals surface area (Å²) in [7, 11) is 6.06. The molecule has 0 unspecified atom stereocenters. The van der Waals surface area contributed by atoms with Crippen LogP contribution in [0.25, 0.3) is 0 Å². The van der Waals surface area contributed by atoms with Crippen molar-refractivity contribution in [2.45, 2.75) is 12.5 Å². The quantitative estimate of drug-likeness (QED) is 0.669. The van der Waals surface area contributed by atoms with E-state index < -0.39 is 6.10 Å². The van der Waals surface area contributed by atoms with Crippen molar-refractivity contribution < 1.29 is 60.1 Å². The first-order valence-corrected chi connectivity index (χ1v) is 7.37. The van der Waals surface area contributed by atoms with Crippen molar-refractivity contribution in [3.63, 3.8) is 0 Å². The summed E-state index contributed by atoms with van der Waals surface area (Å²) in [5, 5.41) is 20.4. The molecule has 0 aliphatic heterocycles. The van der Waals surface area contributed by atoms with Crippen molar-refractivity contribution in [1.29, 1.82) is 0 Å². The molecule has 7 heteroatoms. The van der Waals surface area contributed by atoms with Gasteiger partial charge >= 0.3 is 29.6 Å². The van der Waals surface area contributed by atoms with Crippen molar-refractivity contribution >= 4 is 0 Å². The first-order valence-electron chi connectivity index (χ1n) is 7.37. The Morgan fingerprint density at radius 2 is 1.44 bits per heavy atom. The second-order valence-electron chi connectivity index (χ2n) is 5.18. The third kappa shape index (κ3) is 4.95. The molecule has 0 radical (unpaired) electrons. The summed E-state index contributed by atoms with van der Waals surface area (Å²) in [6.07, 6.45) is -0.484. The van der Waals surface area contributed by atoms with E-state index in [4.69, 9.17) is 18.9 Å². The van der Waals surface area contributed by atoms with Crippen LogP contribution in [0.3, 0.4) is 0 Å². The molecule has 0 saturated carbocycles. The predicted octanol–water partition coefficient (Wildman–Crippen LogP) is -0.181. The zero-order valence-electron chi connectivity index (χ0n) is 16.2. The van der Waals surface area contributed by atoms with Gasteiger partial charge in [-0.25, -0.2) is 0 Å². The molecule has 0 bridgehead atoms. The molecule has 0 aromatic heterocycles. The van der Waals surface area contributed by atoms with Crippen molar-refractivity contribution in [2.24, 2.45) is 0 Å². The molecule has 0 aliphatic carbocycles. The van der Waals surface area contributed by atoms with Gasteiger partial charge in [0.25, 0.3) is 0 Å². The van der Waals surface area contributed by atoms with Gasteiger partial charge in [0, 0.05) is 6.42 Å². The molecule has 0 spiro atoms. The minimum Gasteiger partial charge on any atom is -1.00 e. The molecule has 132 valence electrons. The number of aromatic hydroxyl groups is 1. The molecular weight excluding hydrogens is 335 g/mol. The van der Waals surface area contributed by atoms with Crippen LogP contribution in [0, 0.1) is 0 Å². The van der Waals surface area contributed by atoms with Crippen LogP contribution in [0.5, 0.6) is 28.7 Å². The number of methoxy groups -OCH3 is 4. The van der Waals surface area contributed by atoms with Crippen molar-refractivity contribution in [3.05, 3.63) is 41.5 Å². The smallest absolute Gasteiger partial charge is 1.00 e. The molecule has 25 heavy (non-hydrogen) atoms. The fourth-order valence-electron chi connectivity index (χ4n) is 2.50. The summed E-state index contributed by atoms with van der Waals surface area (Å²) < 4.78 is 20.9. The van der Waals surface area contributed by atoms with Crippen LogP contribution in [0.2, 0.25) is 0 Å². The van der Waals surface area contributed by atoms with Crippen LogP contribution in [0.1, 0.15) is 18.7 Å². The van der Waals surface area contributed by atoms with Crippen LogP contribution in [0.4, 0.5) is 0 Å². The normalized spacial score (nSPS) is 11.2. The Hall–Kier alpha value is -1.60. The third-order valence-electron chi connectivity index (χ3n) is 3.74. The van der Waals surface area contributed by atoms with Crippen LogP contribution in [-0.4, -0.2) is 38.7 Å². The monoisotopic (exact) mass is 358 g/mol. The minimum absolute atomic E-state index is 0. The number of hydrogen-bond acceptors (Lipinski definition) is 6.